The summed E-state index contributed by atoms with van der Waals surface area (Å²) in [7, 11) is -2.95. The molecule has 0 bridgehead atoms. The molecule has 0 spiro atoms. The molecule has 2 aromatic heterocycles. The molecular formula is C28H32N6O4S. The van der Waals surface area contributed by atoms with Crippen LogP contribution in [0.15, 0.2) is 78.0 Å². The summed E-state index contributed by atoms with van der Waals surface area (Å²) >= 11 is 0. The molecule has 10 nitrogen and oxygen atoms in total. The van der Waals surface area contributed by atoms with Gasteiger partial charge in [-0.3, -0.25) is 4.79 Å². The first-order chi connectivity index (χ1) is 18.8. The molecule has 4 N–H and O–H groups in total. The van der Waals surface area contributed by atoms with Crippen LogP contribution in [0.25, 0.3) is 16.3 Å². The van der Waals surface area contributed by atoms with Crippen molar-refractivity contribution in [2.24, 2.45) is 5.73 Å². The van der Waals surface area contributed by atoms with Crippen LogP contribution in [0.1, 0.15) is 5.69 Å². The molecule has 0 aliphatic carbocycles. The summed E-state index contributed by atoms with van der Waals surface area (Å²) < 4.78 is 28.9. The summed E-state index contributed by atoms with van der Waals surface area (Å²) in [6.07, 6.45) is 7.03. The van der Waals surface area contributed by atoms with Crippen molar-refractivity contribution in [2.45, 2.75) is 0 Å². The predicted molar refractivity (Wildman–Crippen MR) is 156 cm³/mol. The number of morpholine rings is 1. The third kappa shape index (κ3) is 6.15. The fourth-order valence-electron chi connectivity index (χ4n) is 4.68. The second kappa shape index (κ2) is 11.3. The van der Waals surface area contributed by atoms with E-state index in [-0.39, 0.29) is 17.1 Å². The normalized spacial score (nSPS) is 18.3. The van der Waals surface area contributed by atoms with Gasteiger partial charge in [0.2, 0.25) is 0 Å². The number of pyridine rings is 2. The van der Waals surface area contributed by atoms with E-state index in [0.29, 0.717) is 49.0 Å². The molecule has 0 radical (unpaired) electrons. The molecule has 2 fully saturated rings. The SMILES string of the molecule is C=C/C(=C\C=C(/N)N1CCOCC1)c1cc2cc[nH]c(=O)c2c(Nc2ccc(N3CCS(=O)(=O)CC3)cc2)n1. The number of nitrogens with two attached hydrogens (primary N) is 1. The van der Waals surface area contributed by atoms with Crippen LogP contribution in [0.4, 0.5) is 17.2 Å². The maximum atomic E-state index is 12.8. The van der Waals surface area contributed by atoms with Crippen molar-refractivity contribution in [3.05, 3.63) is 89.3 Å². The zero-order chi connectivity index (χ0) is 27.4. The number of anilines is 3. The van der Waals surface area contributed by atoms with E-state index in [0.717, 1.165) is 35.4 Å². The number of hydrogen-bond acceptors (Lipinski definition) is 9. The van der Waals surface area contributed by atoms with Gasteiger partial charge in [-0.2, -0.15) is 0 Å². The smallest absolute Gasteiger partial charge is 0.259 e. The van der Waals surface area contributed by atoms with Crippen LogP contribution in [0, 0.1) is 0 Å². The Balaban J connectivity index is 1.44. The van der Waals surface area contributed by atoms with Gasteiger partial charge in [0.15, 0.2) is 9.84 Å². The van der Waals surface area contributed by atoms with Gasteiger partial charge in [-0.1, -0.05) is 12.7 Å². The molecule has 204 valence electrons. The Hall–Kier alpha value is -4.09. The number of fused-ring (bicyclic) bond motifs is 1. The highest BCUT2D eigenvalue weighted by molar-refractivity contribution is 7.91. The lowest BCUT2D eigenvalue weighted by Gasteiger charge is -2.28. The highest BCUT2D eigenvalue weighted by Gasteiger charge is 2.21. The van der Waals surface area contributed by atoms with Crippen LogP contribution in [0.2, 0.25) is 0 Å². The molecule has 11 heteroatoms. The van der Waals surface area contributed by atoms with Crippen LogP contribution < -0.4 is 21.5 Å². The number of sulfone groups is 1. The van der Waals surface area contributed by atoms with Crippen molar-refractivity contribution in [3.8, 4) is 0 Å². The Bertz CT molecular complexity index is 1570. The summed E-state index contributed by atoms with van der Waals surface area (Å²) in [5, 5.41) is 4.47. The van der Waals surface area contributed by atoms with Crippen LogP contribution >= 0.6 is 0 Å². The van der Waals surface area contributed by atoms with Gasteiger partial charge in [-0.25, -0.2) is 13.4 Å². The minimum atomic E-state index is -2.95. The summed E-state index contributed by atoms with van der Waals surface area (Å²) in [6, 6.07) is 11.3. The van der Waals surface area contributed by atoms with E-state index >= 15 is 0 Å². The van der Waals surface area contributed by atoms with Crippen molar-refractivity contribution in [2.75, 3.05) is 61.1 Å². The first kappa shape index (κ1) is 26.5. The molecule has 4 heterocycles. The predicted octanol–water partition coefficient (Wildman–Crippen LogP) is 2.60. The Morgan fingerprint density at radius 1 is 1.08 bits per heavy atom. The van der Waals surface area contributed by atoms with Crippen molar-refractivity contribution < 1.29 is 13.2 Å². The molecule has 1 aromatic carbocycles. The number of ether oxygens (including phenoxy) is 1. The molecule has 0 saturated carbocycles. The Kier molecular flexibility index (Phi) is 7.71. The van der Waals surface area contributed by atoms with Crippen LogP contribution in [-0.4, -0.2) is 74.2 Å². The number of nitrogens with one attached hydrogen (secondary N) is 2. The molecule has 39 heavy (non-hydrogen) atoms. The van der Waals surface area contributed by atoms with E-state index in [1.807, 2.05) is 48.6 Å². The fraction of sp³-hybridized carbons (Fsp3) is 0.286. The molecule has 3 aromatic rings. The van der Waals surface area contributed by atoms with E-state index in [1.54, 1.807) is 12.3 Å². The molecule has 2 aliphatic rings. The van der Waals surface area contributed by atoms with Crippen LogP contribution in [0.5, 0.6) is 0 Å². The van der Waals surface area contributed by atoms with Crippen molar-refractivity contribution in [1.82, 2.24) is 14.9 Å². The van der Waals surface area contributed by atoms with E-state index in [4.69, 9.17) is 15.5 Å². The largest absolute Gasteiger partial charge is 0.385 e. The molecule has 0 amide bonds. The quantitative estimate of drug-likeness (QED) is 0.381. The lowest BCUT2D eigenvalue weighted by molar-refractivity contribution is 0.0530. The van der Waals surface area contributed by atoms with Gasteiger partial charge in [-0.15, -0.1) is 0 Å². The second-order valence-corrected chi connectivity index (χ2v) is 11.8. The van der Waals surface area contributed by atoms with Gasteiger partial charge in [0.1, 0.15) is 5.82 Å². The molecular weight excluding hydrogens is 516 g/mol. The average Bonchev–Trinajstić information content (AvgIpc) is 2.94. The van der Waals surface area contributed by atoms with Gasteiger partial charge in [-0.05, 0) is 59.5 Å². The average molecular weight is 549 g/mol. The number of H-pyrrole nitrogens is 1. The van der Waals surface area contributed by atoms with Crippen molar-refractivity contribution in [1.29, 1.82) is 0 Å². The standard InChI is InChI=1S/C28H32N6O4S/c1-2-20(3-8-25(29)34-11-15-38-16-12-34)24-19-21-9-10-30-28(35)26(21)27(32-24)31-22-4-6-23(7-5-22)33-13-17-39(36,37)18-14-33/h2-10,19H,1,11-18,29H2,(H,30,35)(H,31,32)/b20-3+,25-8+. The number of nitrogens with zero attached hydrogens (tertiary/aromatic N) is 3. The van der Waals surface area contributed by atoms with Gasteiger partial charge in [0.25, 0.3) is 5.56 Å². The van der Waals surface area contributed by atoms with E-state index < -0.39 is 9.84 Å². The lowest BCUT2D eigenvalue weighted by atomic mass is 10.1. The van der Waals surface area contributed by atoms with Gasteiger partial charge in [0, 0.05) is 43.8 Å². The molecule has 2 saturated heterocycles. The third-order valence-electron chi connectivity index (χ3n) is 6.92. The van der Waals surface area contributed by atoms with E-state index in [1.165, 1.54) is 0 Å². The second-order valence-electron chi connectivity index (χ2n) is 9.45. The van der Waals surface area contributed by atoms with Crippen molar-refractivity contribution >= 4 is 43.4 Å². The van der Waals surface area contributed by atoms with Crippen LogP contribution in [-0.2, 0) is 14.6 Å². The molecule has 0 atom stereocenters. The minimum Gasteiger partial charge on any atom is -0.385 e. The van der Waals surface area contributed by atoms with Gasteiger partial charge >= 0.3 is 0 Å². The number of hydrogen-bond donors (Lipinski definition) is 3. The van der Waals surface area contributed by atoms with Gasteiger partial charge < -0.3 is 30.6 Å². The number of aromatic nitrogens is 2. The summed E-state index contributed by atoms with van der Waals surface area (Å²) in [5.41, 5.74) is 9.14. The molecule has 2 aliphatic heterocycles. The number of rotatable bonds is 7. The first-order valence-corrected chi connectivity index (χ1v) is 14.6. The zero-order valence-corrected chi connectivity index (χ0v) is 22.4. The third-order valence-corrected chi connectivity index (χ3v) is 8.53. The van der Waals surface area contributed by atoms with Crippen molar-refractivity contribution in [3.63, 3.8) is 0 Å². The first-order valence-electron chi connectivity index (χ1n) is 12.8. The maximum absolute atomic E-state index is 12.8. The van der Waals surface area contributed by atoms with Crippen LogP contribution in [0.3, 0.4) is 0 Å². The topological polar surface area (TPSA) is 134 Å². The van der Waals surface area contributed by atoms with E-state index in [9.17, 15) is 13.2 Å². The summed E-state index contributed by atoms with van der Waals surface area (Å²) in [5.74, 6) is 1.37. The number of allylic oxidation sites excluding steroid dienone is 4. The summed E-state index contributed by atoms with van der Waals surface area (Å²) in [4.78, 5) is 24.4. The Morgan fingerprint density at radius 2 is 1.79 bits per heavy atom. The van der Waals surface area contributed by atoms with Gasteiger partial charge in [0.05, 0.1) is 41.6 Å². The highest BCUT2D eigenvalue weighted by Crippen LogP contribution is 2.28. The Morgan fingerprint density at radius 3 is 2.49 bits per heavy atom. The molecule has 0 unspecified atom stereocenters. The maximum Gasteiger partial charge on any atom is 0.259 e. The molecule has 5 rings (SSSR count). The zero-order valence-electron chi connectivity index (χ0n) is 21.6. The summed E-state index contributed by atoms with van der Waals surface area (Å²) in [6.45, 7) is 7.66. The van der Waals surface area contributed by atoms with E-state index in [2.05, 4.69) is 26.7 Å². The number of benzene rings is 1. The minimum absolute atomic E-state index is 0.158. The highest BCUT2D eigenvalue weighted by atomic mass is 32.2. The fourth-order valence-corrected chi connectivity index (χ4v) is 5.88. The number of aromatic amines is 1. The Labute approximate surface area is 227 Å². The monoisotopic (exact) mass is 548 g/mol. The lowest BCUT2D eigenvalue weighted by Crippen LogP contribution is -2.40.